The molecular formula is C12H15N. The van der Waals surface area contributed by atoms with Gasteiger partial charge in [-0.05, 0) is 41.2 Å². The molecule has 1 nitrogen and oxygen atoms in total. The van der Waals surface area contributed by atoms with Crippen LogP contribution in [0.4, 0.5) is 0 Å². The summed E-state index contributed by atoms with van der Waals surface area (Å²) in [7, 11) is 0. The van der Waals surface area contributed by atoms with Gasteiger partial charge in [0, 0.05) is 6.21 Å². The van der Waals surface area contributed by atoms with Crippen molar-refractivity contribution in [3.63, 3.8) is 0 Å². The first-order valence-electron chi connectivity index (χ1n) is 4.99. The summed E-state index contributed by atoms with van der Waals surface area (Å²) in [6.07, 6.45) is 4.25. The lowest BCUT2D eigenvalue weighted by atomic mass is 9.97. The second-order valence-electron chi connectivity index (χ2n) is 3.50. The van der Waals surface area contributed by atoms with E-state index in [4.69, 9.17) is 0 Å². The Labute approximate surface area is 79.5 Å². The molecule has 0 amide bonds. The van der Waals surface area contributed by atoms with E-state index in [1.807, 2.05) is 6.21 Å². The van der Waals surface area contributed by atoms with Gasteiger partial charge in [0.25, 0.3) is 0 Å². The van der Waals surface area contributed by atoms with Crippen molar-refractivity contribution in [3.05, 3.63) is 34.4 Å². The average Bonchev–Trinajstić information content (AvgIpc) is 2.63. The molecule has 1 aliphatic heterocycles. The Hall–Kier alpha value is -1.11. The van der Waals surface area contributed by atoms with E-state index in [9.17, 15) is 0 Å². The fourth-order valence-corrected chi connectivity index (χ4v) is 1.89. The zero-order valence-corrected chi connectivity index (χ0v) is 8.30. The number of aliphatic imine (C=N–C) groups is 1. The summed E-state index contributed by atoms with van der Waals surface area (Å²) >= 11 is 0. The van der Waals surface area contributed by atoms with Gasteiger partial charge in [-0.2, -0.15) is 0 Å². The van der Waals surface area contributed by atoms with Gasteiger partial charge in [0.05, 0.1) is 6.54 Å². The Bertz CT molecular complexity index is 350. The molecule has 1 heteroatoms. The SMILES string of the molecule is CCc1cc2c(c(CC)c1)CN=C2. The molecule has 0 saturated carbocycles. The number of rotatable bonds is 2. The molecule has 1 aromatic carbocycles. The zero-order chi connectivity index (χ0) is 9.26. The molecule has 0 unspecified atom stereocenters. The fraction of sp³-hybridized carbons (Fsp3) is 0.417. The summed E-state index contributed by atoms with van der Waals surface area (Å²) in [5, 5.41) is 0. The van der Waals surface area contributed by atoms with Crippen LogP contribution in [0.25, 0.3) is 0 Å². The molecule has 68 valence electrons. The number of fused-ring (bicyclic) bond motifs is 1. The number of hydrogen-bond donors (Lipinski definition) is 0. The Morgan fingerprint density at radius 2 is 2.08 bits per heavy atom. The number of hydrogen-bond acceptors (Lipinski definition) is 1. The topological polar surface area (TPSA) is 12.4 Å². The Kier molecular flexibility index (Phi) is 2.17. The molecule has 1 heterocycles. The van der Waals surface area contributed by atoms with E-state index in [1.165, 1.54) is 22.3 Å². The normalized spacial score (nSPS) is 13.4. The quantitative estimate of drug-likeness (QED) is 0.652. The first-order valence-corrected chi connectivity index (χ1v) is 4.99. The van der Waals surface area contributed by atoms with Crippen molar-refractivity contribution in [2.24, 2.45) is 4.99 Å². The summed E-state index contributed by atoms with van der Waals surface area (Å²) in [5.74, 6) is 0. The van der Waals surface area contributed by atoms with Gasteiger partial charge in [-0.15, -0.1) is 0 Å². The first-order chi connectivity index (χ1) is 6.35. The van der Waals surface area contributed by atoms with Crippen LogP contribution in [0, 0.1) is 0 Å². The predicted octanol–water partition coefficient (Wildman–Crippen LogP) is 2.74. The van der Waals surface area contributed by atoms with Crippen LogP contribution >= 0.6 is 0 Å². The third kappa shape index (κ3) is 1.39. The minimum atomic E-state index is 0.891. The maximum atomic E-state index is 4.31. The largest absolute Gasteiger partial charge is 0.288 e. The van der Waals surface area contributed by atoms with Gasteiger partial charge in [-0.3, -0.25) is 4.99 Å². The number of nitrogens with zero attached hydrogens (tertiary/aromatic N) is 1. The van der Waals surface area contributed by atoms with Crippen LogP contribution in [-0.4, -0.2) is 6.21 Å². The molecule has 0 bridgehead atoms. The zero-order valence-electron chi connectivity index (χ0n) is 8.30. The Morgan fingerprint density at radius 3 is 2.77 bits per heavy atom. The van der Waals surface area contributed by atoms with E-state index in [0.29, 0.717) is 0 Å². The molecule has 0 aromatic heterocycles. The van der Waals surface area contributed by atoms with Crippen molar-refractivity contribution in [1.82, 2.24) is 0 Å². The van der Waals surface area contributed by atoms with Gasteiger partial charge in [0.2, 0.25) is 0 Å². The smallest absolute Gasteiger partial charge is 0.0649 e. The highest BCUT2D eigenvalue weighted by atomic mass is 14.7. The van der Waals surface area contributed by atoms with Crippen molar-refractivity contribution in [1.29, 1.82) is 0 Å². The van der Waals surface area contributed by atoms with Crippen LogP contribution in [-0.2, 0) is 19.4 Å². The lowest BCUT2D eigenvalue weighted by Gasteiger charge is -2.07. The lowest BCUT2D eigenvalue weighted by molar-refractivity contribution is 1.01. The standard InChI is InChI=1S/C12H15N/c1-3-9-5-10(4-2)12-8-13-7-11(12)6-9/h5-7H,3-4,8H2,1-2H3. The minimum Gasteiger partial charge on any atom is -0.288 e. The highest BCUT2D eigenvalue weighted by Gasteiger charge is 2.11. The highest BCUT2D eigenvalue weighted by Crippen LogP contribution is 2.22. The monoisotopic (exact) mass is 173 g/mol. The van der Waals surface area contributed by atoms with Crippen LogP contribution in [0.5, 0.6) is 0 Å². The summed E-state index contributed by atoms with van der Waals surface area (Å²) < 4.78 is 0. The van der Waals surface area contributed by atoms with Gasteiger partial charge < -0.3 is 0 Å². The second-order valence-corrected chi connectivity index (χ2v) is 3.50. The highest BCUT2D eigenvalue weighted by molar-refractivity contribution is 5.85. The maximum absolute atomic E-state index is 4.31. The van der Waals surface area contributed by atoms with Crippen LogP contribution in [0.3, 0.4) is 0 Å². The minimum absolute atomic E-state index is 0.891. The van der Waals surface area contributed by atoms with Crippen LogP contribution in [0.15, 0.2) is 17.1 Å². The summed E-state index contributed by atoms with van der Waals surface area (Å²) in [6, 6.07) is 4.60. The molecule has 2 rings (SSSR count). The summed E-state index contributed by atoms with van der Waals surface area (Å²) in [6.45, 7) is 5.31. The van der Waals surface area contributed by atoms with E-state index in [2.05, 4.69) is 31.0 Å². The molecule has 0 atom stereocenters. The first kappa shape index (κ1) is 8.49. The van der Waals surface area contributed by atoms with Gasteiger partial charge in [-0.1, -0.05) is 19.9 Å². The van der Waals surface area contributed by atoms with Gasteiger partial charge in [0.15, 0.2) is 0 Å². The molecule has 0 aliphatic carbocycles. The van der Waals surface area contributed by atoms with Gasteiger partial charge in [-0.25, -0.2) is 0 Å². The molecule has 1 aromatic rings. The van der Waals surface area contributed by atoms with E-state index in [0.717, 1.165) is 19.4 Å². The summed E-state index contributed by atoms with van der Waals surface area (Å²) in [5.41, 5.74) is 5.70. The number of aryl methyl sites for hydroxylation is 2. The molecular weight excluding hydrogens is 158 g/mol. The third-order valence-electron chi connectivity index (χ3n) is 2.71. The van der Waals surface area contributed by atoms with Crippen molar-refractivity contribution < 1.29 is 0 Å². The molecule has 0 fully saturated rings. The van der Waals surface area contributed by atoms with Crippen LogP contribution < -0.4 is 0 Å². The molecule has 1 aliphatic rings. The van der Waals surface area contributed by atoms with Crippen LogP contribution in [0.2, 0.25) is 0 Å². The molecule has 0 N–H and O–H groups in total. The Balaban J connectivity index is 2.53. The van der Waals surface area contributed by atoms with Crippen molar-refractivity contribution >= 4 is 6.21 Å². The lowest BCUT2D eigenvalue weighted by Crippen LogP contribution is -1.95. The second kappa shape index (κ2) is 3.33. The molecule has 0 radical (unpaired) electrons. The number of benzene rings is 1. The van der Waals surface area contributed by atoms with E-state index in [-0.39, 0.29) is 0 Å². The fourth-order valence-electron chi connectivity index (χ4n) is 1.89. The third-order valence-corrected chi connectivity index (χ3v) is 2.71. The van der Waals surface area contributed by atoms with Gasteiger partial charge in [0.1, 0.15) is 0 Å². The van der Waals surface area contributed by atoms with E-state index < -0.39 is 0 Å². The van der Waals surface area contributed by atoms with Gasteiger partial charge >= 0.3 is 0 Å². The summed E-state index contributed by atoms with van der Waals surface area (Å²) in [4.78, 5) is 4.31. The van der Waals surface area contributed by atoms with Crippen LogP contribution in [0.1, 0.15) is 36.1 Å². The Morgan fingerprint density at radius 1 is 1.23 bits per heavy atom. The average molecular weight is 173 g/mol. The molecule has 0 spiro atoms. The van der Waals surface area contributed by atoms with Crippen molar-refractivity contribution in [2.75, 3.05) is 0 Å². The molecule has 0 saturated heterocycles. The van der Waals surface area contributed by atoms with E-state index >= 15 is 0 Å². The predicted molar refractivity (Wildman–Crippen MR) is 56.5 cm³/mol. The molecule has 13 heavy (non-hydrogen) atoms. The maximum Gasteiger partial charge on any atom is 0.0649 e. The van der Waals surface area contributed by atoms with E-state index in [1.54, 1.807) is 0 Å². The van der Waals surface area contributed by atoms with Crippen molar-refractivity contribution in [3.8, 4) is 0 Å². The van der Waals surface area contributed by atoms with Crippen molar-refractivity contribution in [2.45, 2.75) is 33.2 Å².